The minimum Gasteiger partial charge on any atom is -0.478 e. The first-order chi connectivity index (χ1) is 15.7. The lowest BCUT2D eigenvalue weighted by molar-refractivity contribution is 0.0696. The Kier molecular flexibility index (Phi) is 10.5. The van der Waals surface area contributed by atoms with Gasteiger partial charge >= 0.3 is 5.97 Å². The maximum Gasteiger partial charge on any atom is 0.335 e. The Bertz CT molecular complexity index is 1060. The van der Waals surface area contributed by atoms with Crippen LogP contribution in [0.2, 0.25) is 0 Å². The molecule has 0 bridgehead atoms. The Morgan fingerprint density at radius 3 is 2.00 bits per heavy atom. The molecule has 3 aromatic carbocycles. The van der Waals surface area contributed by atoms with Crippen molar-refractivity contribution in [2.24, 2.45) is 0 Å². The van der Waals surface area contributed by atoms with Crippen molar-refractivity contribution in [3.63, 3.8) is 0 Å². The van der Waals surface area contributed by atoms with Crippen LogP contribution in [0.4, 0.5) is 0 Å². The summed E-state index contributed by atoms with van der Waals surface area (Å²) in [5.41, 5.74) is 3.63. The van der Waals surface area contributed by atoms with Gasteiger partial charge in [0.15, 0.2) is 0 Å². The number of carbonyl (C=O) groups is 1. The highest BCUT2D eigenvalue weighted by molar-refractivity contribution is 6.08. The van der Waals surface area contributed by atoms with E-state index >= 15 is 0 Å². The van der Waals surface area contributed by atoms with E-state index in [2.05, 4.69) is 35.8 Å². The molecule has 4 nitrogen and oxygen atoms in total. The molecular formula is C28H35NO3. The van der Waals surface area contributed by atoms with Crippen LogP contribution in [0.5, 0.6) is 0 Å². The molecule has 4 aromatic rings. The van der Waals surface area contributed by atoms with Crippen molar-refractivity contribution in [3.05, 3.63) is 83.9 Å². The lowest BCUT2D eigenvalue weighted by Gasteiger charge is -2.08. The van der Waals surface area contributed by atoms with Gasteiger partial charge in [-0.2, -0.15) is 0 Å². The second-order valence-electron chi connectivity index (χ2n) is 7.18. The summed E-state index contributed by atoms with van der Waals surface area (Å²) in [6.07, 6.45) is 2.44. The molecule has 0 spiro atoms. The normalized spacial score (nSPS) is 10.2. The topological polar surface area (TPSA) is 51.5 Å². The molecule has 4 heteroatoms. The summed E-state index contributed by atoms with van der Waals surface area (Å²) in [5, 5.41) is 11.6. The summed E-state index contributed by atoms with van der Waals surface area (Å²) in [6.45, 7) is 10.6. The number of para-hydroxylation sites is 2. The summed E-state index contributed by atoms with van der Waals surface area (Å²) in [6, 6.07) is 23.8. The number of carboxylic acid groups (broad SMARTS) is 1. The number of nitrogens with zero attached hydrogens (tertiary/aromatic N) is 1. The second kappa shape index (κ2) is 13.3. The number of aromatic carboxylic acids is 1. The Morgan fingerprint density at radius 2 is 1.47 bits per heavy atom. The van der Waals surface area contributed by atoms with Gasteiger partial charge in [0.1, 0.15) is 0 Å². The van der Waals surface area contributed by atoms with Crippen LogP contribution in [0, 0.1) is 0 Å². The Balaban J connectivity index is 0.000000348. The molecule has 0 radical (unpaired) electrons. The van der Waals surface area contributed by atoms with Crippen LogP contribution in [0.25, 0.3) is 21.8 Å². The summed E-state index contributed by atoms with van der Waals surface area (Å²) < 4.78 is 7.32. The first-order valence-electron chi connectivity index (χ1n) is 11.5. The van der Waals surface area contributed by atoms with Gasteiger partial charge in [-0.15, -0.1) is 0 Å². The standard InChI is InChI=1S/C20H15NO2.C6H14O.C2H6/c22-20(23)15-7-5-6-14(12-15)13-21-18-10-3-1-8-16(18)17-9-2-4-11-19(17)21;1-3-5-6-7-4-2;1-2/h1-12H,13H2,(H,22,23);3-6H2,1-2H3;1-2H3. The minimum atomic E-state index is -0.894. The van der Waals surface area contributed by atoms with E-state index in [9.17, 15) is 9.90 Å². The fraction of sp³-hybridized carbons (Fsp3) is 0.321. The third-order valence-electron chi connectivity index (χ3n) is 5.04. The van der Waals surface area contributed by atoms with E-state index in [1.807, 2.05) is 51.1 Å². The van der Waals surface area contributed by atoms with Gasteiger partial charge in [-0.05, 0) is 43.2 Å². The zero-order valence-corrected chi connectivity index (χ0v) is 19.7. The predicted molar refractivity (Wildman–Crippen MR) is 135 cm³/mol. The fourth-order valence-electron chi connectivity index (χ4n) is 3.55. The molecule has 32 heavy (non-hydrogen) atoms. The molecule has 0 unspecified atom stereocenters. The maximum absolute atomic E-state index is 11.2. The number of hydrogen-bond donors (Lipinski definition) is 1. The maximum atomic E-state index is 11.2. The molecule has 1 aromatic heterocycles. The average Bonchev–Trinajstić information content (AvgIpc) is 3.15. The second-order valence-corrected chi connectivity index (χ2v) is 7.18. The lowest BCUT2D eigenvalue weighted by atomic mass is 10.1. The number of hydrogen-bond acceptors (Lipinski definition) is 2. The number of benzene rings is 3. The number of carboxylic acids is 1. The molecule has 0 saturated heterocycles. The van der Waals surface area contributed by atoms with Crippen LogP contribution in [0.3, 0.4) is 0 Å². The molecule has 0 atom stereocenters. The van der Waals surface area contributed by atoms with Gasteiger partial charge in [0.2, 0.25) is 0 Å². The SMILES string of the molecule is CC.CCCCOCC.O=C(O)c1cccc(Cn2c3ccccc3c3ccccc32)c1. The number of rotatable bonds is 7. The molecule has 0 aliphatic rings. The average molecular weight is 434 g/mol. The van der Waals surface area contributed by atoms with E-state index in [1.54, 1.807) is 18.2 Å². The van der Waals surface area contributed by atoms with Gasteiger partial charge in [-0.25, -0.2) is 4.79 Å². The molecule has 0 aliphatic carbocycles. The van der Waals surface area contributed by atoms with Crippen LogP contribution in [-0.4, -0.2) is 28.9 Å². The van der Waals surface area contributed by atoms with Crippen LogP contribution < -0.4 is 0 Å². The van der Waals surface area contributed by atoms with E-state index in [1.165, 1.54) is 23.6 Å². The highest BCUT2D eigenvalue weighted by Crippen LogP contribution is 2.29. The minimum absolute atomic E-state index is 0.322. The van der Waals surface area contributed by atoms with E-state index in [-0.39, 0.29) is 0 Å². The van der Waals surface area contributed by atoms with E-state index in [0.717, 1.165) is 29.8 Å². The third kappa shape index (κ3) is 6.44. The van der Waals surface area contributed by atoms with Gasteiger partial charge in [0.05, 0.1) is 5.56 Å². The Morgan fingerprint density at radius 1 is 0.875 bits per heavy atom. The van der Waals surface area contributed by atoms with Crippen molar-refractivity contribution in [1.29, 1.82) is 0 Å². The third-order valence-corrected chi connectivity index (χ3v) is 5.04. The summed E-state index contributed by atoms with van der Waals surface area (Å²) in [4.78, 5) is 11.2. The van der Waals surface area contributed by atoms with Crippen molar-refractivity contribution in [1.82, 2.24) is 4.57 Å². The van der Waals surface area contributed by atoms with Crippen molar-refractivity contribution >= 4 is 27.8 Å². The quantitative estimate of drug-likeness (QED) is 0.309. The molecule has 170 valence electrons. The van der Waals surface area contributed by atoms with Crippen molar-refractivity contribution in [2.75, 3.05) is 13.2 Å². The summed E-state index contributed by atoms with van der Waals surface area (Å²) >= 11 is 0. The number of ether oxygens (including phenoxy) is 1. The van der Waals surface area contributed by atoms with Crippen molar-refractivity contribution < 1.29 is 14.6 Å². The van der Waals surface area contributed by atoms with Gasteiger partial charge in [-0.1, -0.05) is 75.7 Å². The highest BCUT2D eigenvalue weighted by Gasteiger charge is 2.10. The first-order valence-corrected chi connectivity index (χ1v) is 11.5. The molecular weight excluding hydrogens is 398 g/mol. The predicted octanol–water partition coefficient (Wildman–Crippen LogP) is 7.39. The van der Waals surface area contributed by atoms with E-state index < -0.39 is 5.97 Å². The van der Waals surface area contributed by atoms with Gasteiger partial charge in [0.25, 0.3) is 0 Å². The van der Waals surface area contributed by atoms with Crippen LogP contribution >= 0.6 is 0 Å². The molecule has 0 saturated carbocycles. The van der Waals surface area contributed by atoms with Crippen LogP contribution in [0.15, 0.2) is 72.8 Å². The molecule has 1 N–H and O–H groups in total. The zero-order chi connectivity index (χ0) is 23.3. The fourth-order valence-corrected chi connectivity index (χ4v) is 3.55. The van der Waals surface area contributed by atoms with Gasteiger partial charge in [-0.3, -0.25) is 0 Å². The Labute approximate surface area is 191 Å². The van der Waals surface area contributed by atoms with Crippen LogP contribution in [-0.2, 0) is 11.3 Å². The largest absolute Gasteiger partial charge is 0.478 e. The van der Waals surface area contributed by atoms with Crippen LogP contribution in [0.1, 0.15) is 56.5 Å². The van der Waals surface area contributed by atoms with Crippen molar-refractivity contribution in [3.8, 4) is 0 Å². The van der Waals surface area contributed by atoms with Crippen molar-refractivity contribution in [2.45, 2.75) is 47.1 Å². The highest BCUT2D eigenvalue weighted by atomic mass is 16.5. The number of aromatic nitrogens is 1. The number of unbranched alkanes of at least 4 members (excludes halogenated alkanes) is 1. The lowest BCUT2D eigenvalue weighted by Crippen LogP contribution is -2.02. The molecule has 0 aliphatic heterocycles. The number of fused-ring (bicyclic) bond motifs is 3. The van der Waals surface area contributed by atoms with Gasteiger partial charge in [0, 0.05) is 41.6 Å². The molecule has 0 fully saturated rings. The molecule has 4 rings (SSSR count). The van der Waals surface area contributed by atoms with E-state index in [0.29, 0.717) is 12.1 Å². The molecule has 1 heterocycles. The first kappa shape index (κ1) is 25.2. The summed E-state index contributed by atoms with van der Waals surface area (Å²) in [5.74, 6) is -0.894. The van der Waals surface area contributed by atoms with Gasteiger partial charge < -0.3 is 14.4 Å². The summed E-state index contributed by atoms with van der Waals surface area (Å²) in [7, 11) is 0. The monoisotopic (exact) mass is 433 g/mol. The zero-order valence-electron chi connectivity index (χ0n) is 19.7. The Hall–Kier alpha value is -3.11. The smallest absolute Gasteiger partial charge is 0.335 e. The van der Waals surface area contributed by atoms with E-state index in [4.69, 9.17) is 4.74 Å². The molecule has 0 amide bonds.